The molecule has 0 aromatic heterocycles. The fourth-order valence-corrected chi connectivity index (χ4v) is 2.17. The summed E-state index contributed by atoms with van der Waals surface area (Å²) in [6.07, 6.45) is 3.13. The Kier molecular flexibility index (Phi) is 4.52. The highest BCUT2D eigenvalue weighted by Crippen LogP contribution is 2.08. The Balaban J connectivity index is 1.84. The van der Waals surface area contributed by atoms with Crippen molar-refractivity contribution in [2.24, 2.45) is 5.73 Å². The van der Waals surface area contributed by atoms with Crippen molar-refractivity contribution in [1.82, 2.24) is 10.6 Å². The summed E-state index contributed by atoms with van der Waals surface area (Å²) in [5.74, 6) is -0.402. The summed E-state index contributed by atoms with van der Waals surface area (Å²) in [6, 6.07) is 6.87. The van der Waals surface area contributed by atoms with Crippen LogP contribution in [0.15, 0.2) is 24.3 Å². The van der Waals surface area contributed by atoms with Gasteiger partial charge in [0.25, 0.3) is 0 Å². The first-order valence-electron chi connectivity index (χ1n) is 6.56. The van der Waals surface area contributed by atoms with Crippen LogP contribution in [0.4, 0.5) is 0 Å². The third-order valence-corrected chi connectivity index (χ3v) is 3.33. The minimum atomic E-state index is -0.443. The normalized spacial score (nSPS) is 18.8. The van der Waals surface area contributed by atoms with Crippen molar-refractivity contribution in [2.45, 2.75) is 31.8 Å². The molecule has 4 N–H and O–H groups in total. The minimum Gasteiger partial charge on any atom is -0.366 e. The van der Waals surface area contributed by atoms with Gasteiger partial charge in [0.05, 0.1) is 6.04 Å². The molecule has 1 aliphatic rings. The van der Waals surface area contributed by atoms with E-state index in [2.05, 4.69) is 10.6 Å². The molecule has 102 valence electrons. The number of carbonyl (C=O) groups is 2. The summed E-state index contributed by atoms with van der Waals surface area (Å²) >= 11 is 0. The van der Waals surface area contributed by atoms with Gasteiger partial charge in [-0.1, -0.05) is 18.6 Å². The number of piperidine rings is 1. The molecule has 1 aromatic rings. The molecule has 1 aliphatic heterocycles. The lowest BCUT2D eigenvalue weighted by Gasteiger charge is -2.22. The summed E-state index contributed by atoms with van der Waals surface area (Å²) in [4.78, 5) is 22.8. The van der Waals surface area contributed by atoms with Gasteiger partial charge in [-0.2, -0.15) is 0 Å². The third kappa shape index (κ3) is 3.79. The number of hydrogen-bond donors (Lipinski definition) is 3. The number of primary amides is 1. The molecule has 1 saturated heterocycles. The van der Waals surface area contributed by atoms with Crippen LogP contribution in [0.25, 0.3) is 0 Å². The largest absolute Gasteiger partial charge is 0.366 e. The maximum absolute atomic E-state index is 11.9. The molecule has 0 saturated carbocycles. The molecule has 5 heteroatoms. The van der Waals surface area contributed by atoms with Gasteiger partial charge in [-0.25, -0.2) is 0 Å². The molecule has 0 bridgehead atoms. The smallest absolute Gasteiger partial charge is 0.248 e. The summed E-state index contributed by atoms with van der Waals surface area (Å²) < 4.78 is 0. The van der Waals surface area contributed by atoms with Crippen molar-refractivity contribution < 1.29 is 9.59 Å². The van der Waals surface area contributed by atoms with Gasteiger partial charge in [0.15, 0.2) is 0 Å². The van der Waals surface area contributed by atoms with E-state index in [4.69, 9.17) is 5.73 Å². The number of amides is 2. The molecule has 19 heavy (non-hydrogen) atoms. The van der Waals surface area contributed by atoms with E-state index in [-0.39, 0.29) is 11.9 Å². The van der Waals surface area contributed by atoms with Gasteiger partial charge < -0.3 is 16.4 Å². The number of hydrogen-bond acceptors (Lipinski definition) is 3. The van der Waals surface area contributed by atoms with E-state index in [0.29, 0.717) is 12.1 Å². The molecule has 2 amide bonds. The Hall–Kier alpha value is -1.88. The van der Waals surface area contributed by atoms with E-state index in [9.17, 15) is 9.59 Å². The van der Waals surface area contributed by atoms with Crippen LogP contribution in [-0.4, -0.2) is 24.4 Å². The molecule has 1 heterocycles. The van der Waals surface area contributed by atoms with E-state index in [0.717, 1.165) is 31.4 Å². The monoisotopic (exact) mass is 261 g/mol. The predicted octanol–water partition coefficient (Wildman–Crippen LogP) is 0.544. The molecule has 5 nitrogen and oxygen atoms in total. The third-order valence-electron chi connectivity index (χ3n) is 3.33. The van der Waals surface area contributed by atoms with Crippen molar-refractivity contribution >= 4 is 11.8 Å². The number of rotatable bonds is 4. The van der Waals surface area contributed by atoms with Crippen LogP contribution >= 0.6 is 0 Å². The van der Waals surface area contributed by atoms with Crippen LogP contribution < -0.4 is 16.4 Å². The summed E-state index contributed by atoms with van der Waals surface area (Å²) in [5.41, 5.74) is 6.60. The summed E-state index contributed by atoms with van der Waals surface area (Å²) in [7, 11) is 0. The van der Waals surface area contributed by atoms with Crippen LogP contribution in [0.5, 0.6) is 0 Å². The Morgan fingerprint density at radius 2 is 2.00 bits per heavy atom. The number of nitrogens with two attached hydrogens (primary N) is 1. The minimum absolute atomic E-state index is 0.0404. The van der Waals surface area contributed by atoms with Crippen molar-refractivity contribution in [1.29, 1.82) is 0 Å². The second-order valence-corrected chi connectivity index (χ2v) is 4.78. The molecule has 1 fully saturated rings. The van der Waals surface area contributed by atoms with E-state index < -0.39 is 5.91 Å². The fourth-order valence-electron chi connectivity index (χ4n) is 2.17. The van der Waals surface area contributed by atoms with E-state index >= 15 is 0 Å². The maximum atomic E-state index is 11.9. The van der Waals surface area contributed by atoms with Gasteiger partial charge in [-0.05, 0) is 37.1 Å². The van der Waals surface area contributed by atoms with Gasteiger partial charge in [0.1, 0.15) is 0 Å². The molecule has 2 rings (SSSR count). The fraction of sp³-hybridized carbons (Fsp3) is 0.429. The topological polar surface area (TPSA) is 84.2 Å². The first-order chi connectivity index (χ1) is 9.16. The van der Waals surface area contributed by atoms with Crippen molar-refractivity contribution in [3.05, 3.63) is 35.4 Å². The first-order valence-corrected chi connectivity index (χ1v) is 6.56. The Bertz CT molecular complexity index is 450. The van der Waals surface area contributed by atoms with E-state index in [1.807, 2.05) is 0 Å². The summed E-state index contributed by atoms with van der Waals surface area (Å²) in [6.45, 7) is 1.38. The van der Waals surface area contributed by atoms with E-state index in [1.165, 1.54) is 0 Å². The van der Waals surface area contributed by atoms with Crippen molar-refractivity contribution in [3.63, 3.8) is 0 Å². The number of benzene rings is 1. The number of carbonyl (C=O) groups excluding carboxylic acids is 2. The standard InChI is InChI=1S/C14H19N3O2/c15-13(18)11-6-4-10(5-7-11)9-17-14(19)12-3-1-2-8-16-12/h4-7,12,16H,1-3,8-9H2,(H2,15,18)(H,17,19). The highest BCUT2D eigenvalue weighted by Gasteiger charge is 2.19. The molecular weight excluding hydrogens is 242 g/mol. The summed E-state index contributed by atoms with van der Waals surface area (Å²) in [5, 5.41) is 6.11. The van der Waals surface area contributed by atoms with Crippen LogP contribution in [0.1, 0.15) is 35.2 Å². The van der Waals surface area contributed by atoms with Gasteiger partial charge >= 0.3 is 0 Å². The van der Waals surface area contributed by atoms with Crippen LogP contribution in [0.2, 0.25) is 0 Å². The lowest BCUT2D eigenvalue weighted by molar-refractivity contribution is -0.123. The molecule has 0 aliphatic carbocycles. The quantitative estimate of drug-likeness (QED) is 0.739. The highest BCUT2D eigenvalue weighted by atomic mass is 16.2. The second kappa shape index (κ2) is 6.33. The van der Waals surface area contributed by atoms with Gasteiger partial charge in [0.2, 0.25) is 11.8 Å². The Labute approximate surface area is 112 Å². The lowest BCUT2D eigenvalue weighted by Crippen LogP contribution is -2.46. The number of nitrogens with one attached hydrogen (secondary N) is 2. The zero-order valence-corrected chi connectivity index (χ0v) is 10.8. The van der Waals surface area contributed by atoms with Crippen LogP contribution in [-0.2, 0) is 11.3 Å². The molecule has 0 spiro atoms. The molecule has 1 aromatic carbocycles. The predicted molar refractivity (Wildman–Crippen MR) is 72.4 cm³/mol. The Morgan fingerprint density at radius 1 is 1.26 bits per heavy atom. The average Bonchev–Trinajstić information content (AvgIpc) is 2.46. The van der Waals surface area contributed by atoms with Crippen LogP contribution in [0, 0.1) is 0 Å². The highest BCUT2D eigenvalue weighted by molar-refractivity contribution is 5.92. The van der Waals surface area contributed by atoms with E-state index in [1.54, 1.807) is 24.3 Å². The first kappa shape index (κ1) is 13.5. The molecule has 0 radical (unpaired) electrons. The van der Waals surface area contributed by atoms with Crippen LogP contribution in [0.3, 0.4) is 0 Å². The zero-order chi connectivity index (χ0) is 13.7. The van der Waals surface area contributed by atoms with Gasteiger partial charge in [0, 0.05) is 12.1 Å². The SMILES string of the molecule is NC(=O)c1ccc(CNC(=O)C2CCCCN2)cc1. The Morgan fingerprint density at radius 3 is 2.58 bits per heavy atom. The molecule has 1 atom stereocenters. The average molecular weight is 261 g/mol. The molecular formula is C14H19N3O2. The lowest BCUT2D eigenvalue weighted by atomic mass is 10.0. The zero-order valence-electron chi connectivity index (χ0n) is 10.8. The maximum Gasteiger partial charge on any atom is 0.248 e. The second-order valence-electron chi connectivity index (χ2n) is 4.78. The molecule has 1 unspecified atom stereocenters. The van der Waals surface area contributed by atoms with Gasteiger partial charge in [-0.3, -0.25) is 9.59 Å². The van der Waals surface area contributed by atoms with Gasteiger partial charge in [-0.15, -0.1) is 0 Å². The van der Waals surface area contributed by atoms with Crippen molar-refractivity contribution in [3.8, 4) is 0 Å². The van der Waals surface area contributed by atoms with Crippen molar-refractivity contribution in [2.75, 3.05) is 6.54 Å².